The average Bonchev–Trinajstić information content (AvgIpc) is 3.64. The van der Waals surface area contributed by atoms with Gasteiger partial charge in [-0.05, 0) is 81.7 Å². The summed E-state index contributed by atoms with van der Waals surface area (Å²) in [5, 5.41) is 0.495. The first-order chi connectivity index (χ1) is 21.5. The molecule has 3 fully saturated rings. The number of aromatic nitrogens is 3. The van der Waals surface area contributed by atoms with Crippen molar-refractivity contribution >= 4 is 22.6 Å². The number of amides is 1. The number of hydrogen-bond donors (Lipinski definition) is 0. The molecule has 0 saturated carbocycles. The van der Waals surface area contributed by atoms with E-state index in [2.05, 4.69) is 27.4 Å². The molecule has 1 amide bonds. The number of rotatable bonds is 7. The van der Waals surface area contributed by atoms with E-state index in [1.54, 1.807) is 11.1 Å². The van der Waals surface area contributed by atoms with Gasteiger partial charge in [0.1, 0.15) is 29.7 Å². The number of anilines is 1. The summed E-state index contributed by atoms with van der Waals surface area (Å²) in [6.45, 7) is 15.1. The van der Waals surface area contributed by atoms with Gasteiger partial charge in [-0.15, -0.1) is 0 Å². The number of hydrogen-bond acceptors (Lipinski definition) is 7. The molecule has 10 heteroatoms. The van der Waals surface area contributed by atoms with Crippen LogP contribution in [0, 0.1) is 12.4 Å². The number of aryl methyl sites for hydroxylation is 1. The maximum absolute atomic E-state index is 16.7. The predicted molar refractivity (Wildman–Crippen MR) is 167 cm³/mol. The molecule has 7 rings (SSSR count). The smallest absolute Gasteiger partial charge is 0.319 e. The number of pyridine rings is 1. The molecule has 228 valence electrons. The molecule has 0 bridgehead atoms. The van der Waals surface area contributed by atoms with Gasteiger partial charge in [0.2, 0.25) is 12.5 Å². The van der Waals surface area contributed by atoms with Gasteiger partial charge in [-0.1, -0.05) is 24.8 Å². The highest BCUT2D eigenvalue weighted by molar-refractivity contribution is 5.92. The molecule has 9 nitrogen and oxygen atoms in total. The Bertz CT molecular complexity index is 1640. The first-order valence-electron chi connectivity index (χ1n) is 15.9. The van der Waals surface area contributed by atoms with Crippen molar-refractivity contribution in [2.45, 2.75) is 62.9 Å². The summed E-state index contributed by atoms with van der Waals surface area (Å²) >= 11 is 0. The topological polar surface area (TPSA) is 79.1 Å². The van der Waals surface area contributed by atoms with Gasteiger partial charge in [0.25, 0.3) is 0 Å². The van der Waals surface area contributed by atoms with Crippen molar-refractivity contribution in [2.75, 3.05) is 50.8 Å². The van der Waals surface area contributed by atoms with Crippen LogP contribution in [-0.2, 0) is 17.6 Å². The standard InChI is InChI=1S/C34H38FN7O2/c1-3-28(43)42-18-17-40(21-24(42)19-36-2)32-27-20-37-30(26-12-6-10-23-9-4-5-11-25(23)26)29(35)31(27)38-33(39-32)44-22-34-13-7-15-41(34)16-8-14-34/h3,6,10,12,20,24H,1,4-5,7-9,11,13-19,21-22H2/t24-/m0/s1. The predicted octanol–water partition coefficient (Wildman–Crippen LogP) is 4.84. The summed E-state index contributed by atoms with van der Waals surface area (Å²) in [4.78, 5) is 36.6. The zero-order chi connectivity index (χ0) is 30.3. The number of fused-ring (bicyclic) bond motifs is 3. The van der Waals surface area contributed by atoms with Crippen molar-refractivity contribution in [2.24, 2.45) is 0 Å². The largest absolute Gasteiger partial charge is 0.461 e. The van der Waals surface area contributed by atoms with E-state index in [4.69, 9.17) is 21.3 Å². The van der Waals surface area contributed by atoms with E-state index >= 15 is 4.39 Å². The normalized spacial score (nSPS) is 21.1. The van der Waals surface area contributed by atoms with Gasteiger partial charge < -0.3 is 19.4 Å². The first kappa shape index (κ1) is 28.7. The van der Waals surface area contributed by atoms with Gasteiger partial charge in [0.15, 0.2) is 5.82 Å². The number of carbonyl (C=O) groups excluding carboxylic acids is 1. The quantitative estimate of drug-likeness (QED) is 0.286. The average molecular weight is 596 g/mol. The Morgan fingerprint density at radius 1 is 1.14 bits per heavy atom. The Morgan fingerprint density at radius 3 is 2.75 bits per heavy atom. The summed E-state index contributed by atoms with van der Waals surface area (Å²) in [5.41, 5.74) is 3.72. The number of halogens is 1. The van der Waals surface area contributed by atoms with Crippen molar-refractivity contribution in [1.29, 1.82) is 0 Å². The van der Waals surface area contributed by atoms with Gasteiger partial charge in [-0.2, -0.15) is 9.97 Å². The van der Waals surface area contributed by atoms with Crippen LogP contribution in [0.5, 0.6) is 6.01 Å². The Balaban J connectivity index is 1.30. The molecule has 1 aromatic carbocycles. The molecule has 5 heterocycles. The van der Waals surface area contributed by atoms with Crippen LogP contribution < -0.4 is 9.64 Å². The van der Waals surface area contributed by atoms with Crippen molar-refractivity contribution < 1.29 is 13.9 Å². The van der Waals surface area contributed by atoms with E-state index in [0.29, 0.717) is 43.1 Å². The minimum absolute atomic E-state index is 0.0130. The van der Waals surface area contributed by atoms with E-state index < -0.39 is 5.82 Å². The van der Waals surface area contributed by atoms with Crippen LogP contribution in [0.25, 0.3) is 27.0 Å². The maximum Gasteiger partial charge on any atom is 0.319 e. The molecule has 1 atom stereocenters. The lowest BCUT2D eigenvalue weighted by Crippen LogP contribution is -2.56. The zero-order valence-electron chi connectivity index (χ0n) is 25.1. The number of benzene rings is 1. The number of nitrogens with zero attached hydrogens (tertiary/aromatic N) is 7. The highest BCUT2D eigenvalue weighted by atomic mass is 19.1. The second-order valence-corrected chi connectivity index (χ2v) is 12.5. The van der Waals surface area contributed by atoms with E-state index in [1.807, 2.05) is 17.0 Å². The molecule has 0 unspecified atom stereocenters. The third kappa shape index (κ3) is 4.97. The highest BCUT2D eigenvalue weighted by Gasteiger charge is 2.45. The highest BCUT2D eigenvalue weighted by Crippen LogP contribution is 2.40. The van der Waals surface area contributed by atoms with Crippen molar-refractivity contribution in [3.63, 3.8) is 0 Å². The molecule has 44 heavy (non-hydrogen) atoms. The monoisotopic (exact) mass is 595 g/mol. The molecular weight excluding hydrogens is 557 g/mol. The molecular formula is C34H38FN7O2. The molecule has 3 saturated heterocycles. The number of ether oxygens (including phenoxy) is 1. The lowest BCUT2D eigenvalue weighted by atomic mass is 9.87. The SMILES string of the molecule is [C-]#[N+]C[C@H]1CN(c2nc(OCC34CCCN3CCC4)nc3c(F)c(-c4cccc5c4CCCC5)ncc23)CCN1C(=O)C=C. The van der Waals surface area contributed by atoms with E-state index in [1.165, 1.54) is 17.2 Å². The molecule has 0 spiro atoms. The summed E-state index contributed by atoms with van der Waals surface area (Å²) in [7, 11) is 0. The number of piperazine rings is 1. The maximum atomic E-state index is 16.7. The fourth-order valence-corrected chi connectivity index (χ4v) is 7.89. The lowest BCUT2D eigenvalue weighted by molar-refractivity contribution is -0.128. The molecule has 3 aliphatic heterocycles. The molecule has 1 aliphatic carbocycles. The molecule has 0 radical (unpaired) electrons. The zero-order valence-corrected chi connectivity index (χ0v) is 25.1. The summed E-state index contributed by atoms with van der Waals surface area (Å²) in [6.07, 6.45) is 11.5. The van der Waals surface area contributed by atoms with Crippen LogP contribution in [0.15, 0.2) is 37.1 Å². The Hall–Kier alpha value is -4.10. The van der Waals surface area contributed by atoms with Crippen molar-refractivity contribution in [3.05, 3.63) is 65.4 Å². The van der Waals surface area contributed by atoms with Crippen LogP contribution in [0.3, 0.4) is 0 Å². The third-order valence-electron chi connectivity index (χ3n) is 10.1. The molecule has 0 N–H and O–H groups in total. The van der Waals surface area contributed by atoms with Crippen molar-refractivity contribution in [1.82, 2.24) is 24.8 Å². The first-order valence-corrected chi connectivity index (χ1v) is 15.9. The fraction of sp³-hybridized carbons (Fsp3) is 0.500. The van der Waals surface area contributed by atoms with Crippen LogP contribution in [0.1, 0.15) is 49.7 Å². The Labute approximate surface area is 257 Å². The lowest BCUT2D eigenvalue weighted by Gasteiger charge is -2.39. The Kier molecular flexibility index (Phi) is 7.67. The van der Waals surface area contributed by atoms with Gasteiger partial charge >= 0.3 is 6.01 Å². The van der Waals surface area contributed by atoms with Gasteiger partial charge in [-0.3, -0.25) is 14.7 Å². The van der Waals surface area contributed by atoms with Crippen LogP contribution in [0.4, 0.5) is 10.2 Å². The molecule has 4 aliphatic rings. The van der Waals surface area contributed by atoms with Gasteiger partial charge in [0.05, 0.1) is 10.9 Å². The van der Waals surface area contributed by atoms with E-state index in [-0.39, 0.29) is 35.6 Å². The summed E-state index contributed by atoms with van der Waals surface area (Å²) in [5.74, 6) is -0.157. The van der Waals surface area contributed by atoms with Crippen LogP contribution in [0.2, 0.25) is 0 Å². The third-order valence-corrected chi connectivity index (χ3v) is 10.1. The van der Waals surface area contributed by atoms with Crippen LogP contribution >= 0.6 is 0 Å². The van der Waals surface area contributed by atoms with Crippen LogP contribution in [-0.4, -0.2) is 88.1 Å². The summed E-state index contributed by atoms with van der Waals surface area (Å²) < 4.78 is 23.1. The molecule has 3 aromatic rings. The van der Waals surface area contributed by atoms with Crippen molar-refractivity contribution in [3.8, 4) is 17.3 Å². The second-order valence-electron chi connectivity index (χ2n) is 12.5. The number of carbonyl (C=O) groups is 1. The van der Waals surface area contributed by atoms with Gasteiger partial charge in [-0.25, -0.2) is 11.0 Å². The summed E-state index contributed by atoms with van der Waals surface area (Å²) in [6, 6.07) is 5.88. The van der Waals surface area contributed by atoms with E-state index in [9.17, 15) is 4.79 Å². The minimum Gasteiger partial charge on any atom is -0.461 e. The van der Waals surface area contributed by atoms with E-state index in [0.717, 1.165) is 70.0 Å². The Morgan fingerprint density at radius 2 is 1.95 bits per heavy atom. The minimum atomic E-state index is -0.477. The fourth-order valence-electron chi connectivity index (χ4n) is 7.89. The molecule has 2 aromatic heterocycles. The van der Waals surface area contributed by atoms with Gasteiger partial charge in [0, 0.05) is 31.4 Å². The second kappa shape index (κ2) is 11.8.